The van der Waals surface area contributed by atoms with Crippen molar-refractivity contribution in [3.05, 3.63) is 35.9 Å². The van der Waals surface area contributed by atoms with Crippen LogP contribution in [0.25, 0.3) is 0 Å². The molecule has 0 heterocycles. The minimum absolute atomic E-state index is 0.224. The fourth-order valence-corrected chi connectivity index (χ4v) is 2.14. The van der Waals surface area contributed by atoms with Gasteiger partial charge in [0.05, 0.1) is 12.7 Å². The first-order valence-electron chi connectivity index (χ1n) is 5.56. The van der Waals surface area contributed by atoms with E-state index in [2.05, 4.69) is 0 Å². The third-order valence-electron chi connectivity index (χ3n) is 2.32. The third-order valence-corrected chi connectivity index (χ3v) is 3.49. The molecular formula is C13H16O4S. The highest BCUT2D eigenvalue weighted by Crippen LogP contribution is 2.19. The molecule has 0 aromatic heterocycles. The van der Waals surface area contributed by atoms with E-state index in [0.29, 0.717) is 6.61 Å². The van der Waals surface area contributed by atoms with Crippen LogP contribution in [0.5, 0.6) is 0 Å². The Labute approximate surface area is 110 Å². The number of hydrogen-bond donors (Lipinski definition) is 1. The molecule has 98 valence electrons. The predicted octanol–water partition coefficient (Wildman–Crippen LogP) is 2.32. The molecule has 0 aliphatic rings. The smallest absolute Gasteiger partial charge is 0.319 e. The lowest BCUT2D eigenvalue weighted by molar-refractivity contribution is -0.139. The summed E-state index contributed by atoms with van der Waals surface area (Å²) in [6, 6.07) is 9.49. The number of carbonyl (C=O) groups is 2. The van der Waals surface area contributed by atoms with Crippen molar-refractivity contribution < 1.29 is 19.4 Å². The molecule has 0 saturated heterocycles. The Morgan fingerprint density at radius 2 is 1.94 bits per heavy atom. The first-order valence-corrected chi connectivity index (χ1v) is 6.44. The second kappa shape index (κ2) is 7.18. The van der Waals surface area contributed by atoms with Gasteiger partial charge in [-0.25, -0.2) is 0 Å². The molecule has 0 bridgehead atoms. The van der Waals surface area contributed by atoms with Crippen LogP contribution >= 0.6 is 11.8 Å². The maximum Gasteiger partial charge on any atom is 0.319 e. The molecule has 0 unspecified atom stereocenters. The maximum absolute atomic E-state index is 11.0. The summed E-state index contributed by atoms with van der Waals surface area (Å²) in [4.78, 5) is 22.0. The molecule has 0 amide bonds. The van der Waals surface area contributed by atoms with Gasteiger partial charge in [-0.15, -0.1) is 0 Å². The van der Waals surface area contributed by atoms with Crippen LogP contribution in [0.2, 0.25) is 0 Å². The van der Waals surface area contributed by atoms with Gasteiger partial charge < -0.3 is 9.84 Å². The number of aliphatic carboxylic acids is 1. The molecule has 0 radical (unpaired) electrons. The van der Waals surface area contributed by atoms with E-state index in [0.717, 1.165) is 17.3 Å². The third kappa shape index (κ3) is 4.89. The van der Waals surface area contributed by atoms with Crippen molar-refractivity contribution in [3.8, 4) is 0 Å². The highest BCUT2D eigenvalue weighted by atomic mass is 32.2. The summed E-state index contributed by atoms with van der Waals surface area (Å²) in [6.45, 7) is 3.35. The largest absolute Gasteiger partial charge is 0.480 e. The summed E-state index contributed by atoms with van der Waals surface area (Å²) in [5.41, 5.74) is 0.973. The average Bonchev–Trinajstić information content (AvgIpc) is 2.34. The molecule has 1 N–H and O–H groups in total. The molecule has 18 heavy (non-hydrogen) atoms. The van der Waals surface area contributed by atoms with Gasteiger partial charge in [0.1, 0.15) is 5.25 Å². The summed E-state index contributed by atoms with van der Waals surface area (Å²) in [5, 5.41) is 7.94. The van der Waals surface area contributed by atoms with Crippen molar-refractivity contribution in [3.63, 3.8) is 0 Å². The van der Waals surface area contributed by atoms with E-state index in [1.54, 1.807) is 6.92 Å². The molecule has 0 fully saturated rings. The van der Waals surface area contributed by atoms with Crippen LogP contribution in [0.1, 0.15) is 19.4 Å². The second-order valence-corrected chi connectivity index (χ2v) is 5.19. The Hall–Kier alpha value is -1.33. The van der Waals surface area contributed by atoms with Gasteiger partial charge in [-0.3, -0.25) is 9.59 Å². The lowest BCUT2D eigenvalue weighted by Crippen LogP contribution is -2.32. The quantitative estimate of drug-likeness (QED) is 0.857. The highest BCUT2D eigenvalue weighted by Gasteiger charge is 2.27. The van der Waals surface area contributed by atoms with E-state index in [4.69, 9.17) is 9.84 Å². The molecule has 0 spiro atoms. The number of ether oxygens (including phenoxy) is 1. The average molecular weight is 268 g/mol. The Morgan fingerprint density at radius 3 is 2.44 bits per heavy atom. The topological polar surface area (TPSA) is 63.6 Å². The monoisotopic (exact) mass is 268 g/mol. The fourth-order valence-electron chi connectivity index (χ4n) is 1.42. The molecule has 4 nitrogen and oxygen atoms in total. The number of carboxylic acids is 1. The van der Waals surface area contributed by atoms with E-state index in [9.17, 15) is 9.59 Å². The number of carbonyl (C=O) groups excluding carboxylic acids is 1. The molecule has 0 saturated carbocycles. The van der Waals surface area contributed by atoms with Crippen molar-refractivity contribution in [2.75, 3.05) is 0 Å². The maximum atomic E-state index is 11.0. The van der Waals surface area contributed by atoms with E-state index >= 15 is 0 Å². The van der Waals surface area contributed by atoms with Crippen LogP contribution in [-0.2, 0) is 20.9 Å². The van der Waals surface area contributed by atoms with Crippen LogP contribution in [0.4, 0.5) is 0 Å². The van der Waals surface area contributed by atoms with Crippen molar-refractivity contribution in [2.45, 2.75) is 31.8 Å². The van der Waals surface area contributed by atoms with Gasteiger partial charge in [-0.1, -0.05) is 42.1 Å². The Bertz CT molecular complexity index is 405. The van der Waals surface area contributed by atoms with Crippen LogP contribution in [-0.4, -0.2) is 27.5 Å². The molecule has 1 rings (SSSR count). The number of thioether (sulfide) groups is 1. The zero-order chi connectivity index (χ0) is 13.5. The molecular weight excluding hydrogens is 252 g/mol. The van der Waals surface area contributed by atoms with Gasteiger partial charge in [0.25, 0.3) is 0 Å². The van der Waals surface area contributed by atoms with Gasteiger partial charge >= 0.3 is 5.97 Å². The molecule has 1 aromatic carbocycles. The summed E-state index contributed by atoms with van der Waals surface area (Å²) < 4.78 is 5.50. The predicted molar refractivity (Wildman–Crippen MR) is 70.4 cm³/mol. The van der Waals surface area contributed by atoms with Crippen molar-refractivity contribution in [1.29, 1.82) is 0 Å². The normalized spacial score (nSPS) is 13.9. The van der Waals surface area contributed by atoms with Crippen LogP contribution in [0.15, 0.2) is 30.3 Å². The summed E-state index contributed by atoms with van der Waals surface area (Å²) >= 11 is 0.787. The highest BCUT2D eigenvalue weighted by molar-refractivity contribution is 8.14. The molecule has 0 aliphatic carbocycles. The SMILES string of the molecule is CC(=O)S[C@@H](C(=O)O)[C@@H](C)OCc1ccccc1. The first kappa shape index (κ1) is 14.7. The van der Waals surface area contributed by atoms with Gasteiger partial charge in [0, 0.05) is 6.92 Å². The van der Waals surface area contributed by atoms with E-state index < -0.39 is 17.3 Å². The number of rotatable bonds is 6. The Kier molecular flexibility index (Phi) is 5.88. The number of carboxylic acid groups (broad SMARTS) is 1. The van der Waals surface area contributed by atoms with Gasteiger partial charge in [-0.2, -0.15) is 0 Å². The molecule has 1 aromatic rings. The van der Waals surface area contributed by atoms with Crippen LogP contribution in [0.3, 0.4) is 0 Å². The van der Waals surface area contributed by atoms with Crippen LogP contribution in [0, 0.1) is 0 Å². The fraction of sp³-hybridized carbons (Fsp3) is 0.385. The minimum atomic E-state index is -1.03. The first-order chi connectivity index (χ1) is 8.50. The number of hydrogen-bond acceptors (Lipinski definition) is 4. The molecule has 2 atom stereocenters. The van der Waals surface area contributed by atoms with Gasteiger partial charge in [0.15, 0.2) is 5.12 Å². The van der Waals surface area contributed by atoms with E-state index in [1.807, 2.05) is 30.3 Å². The number of benzene rings is 1. The van der Waals surface area contributed by atoms with Gasteiger partial charge in [0.2, 0.25) is 0 Å². The standard InChI is InChI=1S/C13H16O4S/c1-9(12(13(15)16)18-10(2)14)17-8-11-6-4-3-5-7-11/h3-7,9,12H,8H2,1-2H3,(H,15,16)/t9-,12-/m1/s1. The van der Waals surface area contributed by atoms with Crippen LogP contribution < -0.4 is 0 Å². The minimum Gasteiger partial charge on any atom is -0.480 e. The summed E-state index contributed by atoms with van der Waals surface area (Å²) in [6.07, 6.45) is -0.531. The zero-order valence-corrected chi connectivity index (χ0v) is 11.1. The molecule has 5 heteroatoms. The lowest BCUT2D eigenvalue weighted by atomic mass is 10.2. The molecule has 0 aliphatic heterocycles. The van der Waals surface area contributed by atoms with E-state index in [-0.39, 0.29) is 5.12 Å². The van der Waals surface area contributed by atoms with Crippen molar-refractivity contribution >= 4 is 22.8 Å². The zero-order valence-electron chi connectivity index (χ0n) is 10.3. The summed E-state index contributed by atoms with van der Waals surface area (Å²) in [7, 11) is 0. The lowest BCUT2D eigenvalue weighted by Gasteiger charge is -2.19. The van der Waals surface area contributed by atoms with E-state index in [1.165, 1.54) is 6.92 Å². The Morgan fingerprint density at radius 1 is 1.33 bits per heavy atom. The second-order valence-electron chi connectivity index (χ2n) is 3.87. The van der Waals surface area contributed by atoms with Gasteiger partial charge in [-0.05, 0) is 12.5 Å². The van der Waals surface area contributed by atoms with Crippen molar-refractivity contribution in [1.82, 2.24) is 0 Å². The Balaban J connectivity index is 2.54. The van der Waals surface area contributed by atoms with Crippen molar-refractivity contribution in [2.24, 2.45) is 0 Å². The summed E-state index contributed by atoms with van der Waals surface area (Å²) in [5.74, 6) is -1.03.